The molecule has 0 bridgehead atoms. The van der Waals surface area contributed by atoms with Crippen LogP contribution >= 0.6 is 11.3 Å². The van der Waals surface area contributed by atoms with Crippen molar-refractivity contribution in [3.63, 3.8) is 0 Å². The Morgan fingerprint density at radius 2 is 1.92 bits per heavy atom. The second-order valence-electron chi connectivity index (χ2n) is 5.55. The van der Waals surface area contributed by atoms with E-state index in [1.165, 1.54) is 24.3 Å². The van der Waals surface area contributed by atoms with Crippen molar-refractivity contribution in [1.82, 2.24) is 18.0 Å². The van der Waals surface area contributed by atoms with Crippen molar-refractivity contribution in [3.8, 4) is 0 Å². The van der Waals surface area contributed by atoms with Gasteiger partial charge in [-0.1, -0.05) is 25.2 Å². The van der Waals surface area contributed by atoms with Crippen molar-refractivity contribution >= 4 is 38.1 Å². The van der Waals surface area contributed by atoms with Gasteiger partial charge in [-0.05, 0) is 4.92 Å². The van der Waals surface area contributed by atoms with Gasteiger partial charge < -0.3 is 15.0 Å². The number of rotatable bonds is 6. The quantitative estimate of drug-likeness (QED) is 0.540. The SMILES string of the molecule is CCN(CC)S(=O)(=O)N1CCN(c2nc3sccn3c2[N+](=O)[O-])CC1. The highest BCUT2D eigenvalue weighted by Crippen LogP contribution is 2.31. The van der Waals surface area contributed by atoms with Crippen LogP contribution in [0, 0.1) is 10.1 Å². The summed E-state index contributed by atoms with van der Waals surface area (Å²) >= 11 is 1.33. The third-order valence-corrected chi connectivity index (χ3v) is 7.23. The average Bonchev–Trinajstić information content (AvgIpc) is 3.16. The molecule has 0 radical (unpaired) electrons. The average molecular weight is 388 g/mol. The van der Waals surface area contributed by atoms with Gasteiger partial charge in [-0.15, -0.1) is 0 Å². The molecule has 138 valence electrons. The lowest BCUT2D eigenvalue weighted by atomic mass is 10.3. The first kappa shape index (κ1) is 18.0. The normalized spacial score (nSPS) is 16.8. The van der Waals surface area contributed by atoms with Crippen molar-refractivity contribution < 1.29 is 13.3 Å². The fourth-order valence-corrected chi connectivity index (χ4v) is 5.30. The fraction of sp³-hybridized carbons (Fsp3) is 0.615. The Labute approximate surface area is 149 Å². The number of thiazole rings is 1. The molecule has 1 saturated heterocycles. The van der Waals surface area contributed by atoms with E-state index in [0.29, 0.717) is 37.0 Å². The molecule has 2 aromatic rings. The molecule has 1 aliphatic rings. The summed E-state index contributed by atoms with van der Waals surface area (Å²) in [4.78, 5) is 17.7. The van der Waals surface area contributed by atoms with Crippen molar-refractivity contribution in [2.24, 2.45) is 0 Å². The molecule has 3 rings (SSSR count). The molecule has 1 aliphatic heterocycles. The summed E-state index contributed by atoms with van der Waals surface area (Å²) in [5, 5.41) is 13.2. The highest BCUT2D eigenvalue weighted by Gasteiger charge is 2.34. The summed E-state index contributed by atoms with van der Waals surface area (Å²) < 4.78 is 29.4. The molecule has 3 heterocycles. The van der Waals surface area contributed by atoms with E-state index in [2.05, 4.69) is 4.98 Å². The number of anilines is 1. The highest BCUT2D eigenvalue weighted by molar-refractivity contribution is 7.86. The molecule has 12 heteroatoms. The number of fused-ring (bicyclic) bond motifs is 1. The Bertz CT molecular complexity index is 864. The predicted molar refractivity (Wildman–Crippen MR) is 95.4 cm³/mol. The second kappa shape index (κ2) is 6.86. The van der Waals surface area contributed by atoms with Gasteiger partial charge in [-0.3, -0.25) is 0 Å². The van der Waals surface area contributed by atoms with Crippen molar-refractivity contribution in [1.29, 1.82) is 0 Å². The van der Waals surface area contributed by atoms with Gasteiger partial charge in [0.25, 0.3) is 15.2 Å². The van der Waals surface area contributed by atoms with Gasteiger partial charge in [0.1, 0.15) is 6.20 Å². The Morgan fingerprint density at radius 1 is 1.28 bits per heavy atom. The number of aromatic nitrogens is 2. The summed E-state index contributed by atoms with van der Waals surface area (Å²) in [7, 11) is -3.49. The van der Waals surface area contributed by atoms with E-state index < -0.39 is 15.1 Å². The molecule has 10 nitrogen and oxygen atoms in total. The minimum Gasteiger partial charge on any atom is -0.358 e. The van der Waals surface area contributed by atoms with E-state index >= 15 is 0 Å². The number of piperazine rings is 1. The Morgan fingerprint density at radius 3 is 2.48 bits per heavy atom. The molecule has 0 unspecified atom stereocenters. The highest BCUT2D eigenvalue weighted by atomic mass is 32.2. The zero-order valence-electron chi connectivity index (χ0n) is 14.0. The number of nitrogens with zero attached hydrogens (tertiary/aromatic N) is 6. The number of hydrogen-bond acceptors (Lipinski definition) is 7. The van der Waals surface area contributed by atoms with Gasteiger partial charge in [0.15, 0.2) is 0 Å². The van der Waals surface area contributed by atoms with Crippen LogP contribution in [0.2, 0.25) is 0 Å². The lowest BCUT2D eigenvalue weighted by Gasteiger charge is -2.36. The number of imidazole rings is 1. The molecule has 2 aromatic heterocycles. The molecule has 0 aliphatic carbocycles. The molecule has 0 atom stereocenters. The minimum absolute atomic E-state index is 0.0729. The van der Waals surface area contributed by atoms with Crippen molar-refractivity contribution in [2.75, 3.05) is 44.2 Å². The minimum atomic E-state index is -3.49. The van der Waals surface area contributed by atoms with Crippen molar-refractivity contribution in [3.05, 3.63) is 21.7 Å². The lowest BCUT2D eigenvalue weighted by Crippen LogP contribution is -2.53. The Balaban J connectivity index is 1.80. The number of nitro groups is 1. The third-order valence-electron chi connectivity index (χ3n) is 4.29. The van der Waals surface area contributed by atoms with Gasteiger partial charge in [0.2, 0.25) is 5.82 Å². The van der Waals surface area contributed by atoms with Crippen LogP contribution in [-0.4, -0.2) is 70.6 Å². The monoisotopic (exact) mass is 388 g/mol. The van der Waals surface area contributed by atoms with Crippen LogP contribution in [0.1, 0.15) is 13.8 Å². The maximum absolute atomic E-state index is 12.6. The van der Waals surface area contributed by atoms with Gasteiger partial charge in [-0.2, -0.15) is 26.4 Å². The summed E-state index contributed by atoms with van der Waals surface area (Å²) in [6.45, 7) is 5.74. The van der Waals surface area contributed by atoms with Crippen LogP contribution in [-0.2, 0) is 10.2 Å². The summed E-state index contributed by atoms with van der Waals surface area (Å²) in [6.07, 6.45) is 1.62. The largest absolute Gasteiger partial charge is 0.373 e. The van der Waals surface area contributed by atoms with Crippen LogP contribution in [0.15, 0.2) is 11.6 Å². The summed E-state index contributed by atoms with van der Waals surface area (Å²) in [5.41, 5.74) is 0. The van der Waals surface area contributed by atoms with Gasteiger partial charge >= 0.3 is 5.82 Å². The lowest BCUT2D eigenvalue weighted by molar-refractivity contribution is -0.389. The van der Waals surface area contributed by atoms with Gasteiger partial charge in [0.05, 0.1) is 0 Å². The van der Waals surface area contributed by atoms with Gasteiger partial charge in [-0.25, -0.2) is 0 Å². The van der Waals surface area contributed by atoms with Crippen LogP contribution in [0.5, 0.6) is 0 Å². The first-order valence-electron chi connectivity index (χ1n) is 8.00. The molecule has 0 N–H and O–H groups in total. The summed E-state index contributed by atoms with van der Waals surface area (Å²) in [5.74, 6) is 0.230. The van der Waals surface area contributed by atoms with Crippen LogP contribution in [0.4, 0.5) is 11.6 Å². The standard InChI is InChI=1S/C13H20N6O4S2/c1-3-16(4-2)25(22,23)17-7-5-15(6-8-17)11-12(19(20)21)18-9-10-24-13(18)14-11/h9-10H,3-8H2,1-2H3. The topological polar surface area (TPSA) is 104 Å². The summed E-state index contributed by atoms with van der Waals surface area (Å²) in [6, 6.07) is 0. The predicted octanol–water partition coefficient (Wildman–Crippen LogP) is 1.01. The third kappa shape index (κ3) is 3.10. The second-order valence-corrected chi connectivity index (χ2v) is 8.35. The van der Waals surface area contributed by atoms with Crippen LogP contribution in [0.25, 0.3) is 4.96 Å². The maximum atomic E-state index is 12.6. The van der Waals surface area contributed by atoms with Crippen molar-refractivity contribution in [2.45, 2.75) is 13.8 Å². The first-order valence-corrected chi connectivity index (χ1v) is 10.3. The zero-order chi connectivity index (χ0) is 18.2. The molecule has 0 saturated carbocycles. The number of hydrogen-bond donors (Lipinski definition) is 0. The molecule has 0 spiro atoms. The van der Waals surface area contributed by atoms with Crippen LogP contribution in [0.3, 0.4) is 0 Å². The Hall–Kier alpha value is -1.76. The first-order chi connectivity index (χ1) is 11.9. The van der Waals surface area contributed by atoms with Gasteiger partial charge in [0, 0.05) is 44.6 Å². The smallest absolute Gasteiger partial charge is 0.358 e. The zero-order valence-corrected chi connectivity index (χ0v) is 15.7. The molecule has 0 aromatic carbocycles. The van der Waals surface area contributed by atoms with E-state index in [0.717, 1.165) is 0 Å². The fourth-order valence-electron chi connectivity index (χ4n) is 2.99. The van der Waals surface area contributed by atoms with E-state index in [1.54, 1.807) is 30.3 Å². The van der Waals surface area contributed by atoms with E-state index in [1.807, 2.05) is 0 Å². The molecule has 0 amide bonds. The van der Waals surface area contributed by atoms with E-state index in [-0.39, 0.29) is 18.9 Å². The molecular weight excluding hydrogens is 368 g/mol. The molecular formula is C13H20N6O4S2. The van der Waals surface area contributed by atoms with Crippen LogP contribution < -0.4 is 4.90 Å². The van der Waals surface area contributed by atoms with E-state index in [9.17, 15) is 18.5 Å². The Kier molecular flexibility index (Phi) is 4.95. The maximum Gasteiger partial charge on any atom is 0.373 e. The molecule has 25 heavy (non-hydrogen) atoms. The molecule has 1 fully saturated rings. The van der Waals surface area contributed by atoms with E-state index in [4.69, 9.17) is 0 Å².